The summed E-state index contributed by atoms with van der Waals surface area (Å²) in [6.45, 7) is 1.98. The van der Waals surface area contributed by atoms with Gasteiger partial charge in [0.2, 0.25) is 5.91 Å². The molecule has 1 amide bonds. The first-order chi connectivity index (χ1) is 12.3. The normalized spacial score (nSPS) is 22.2. The van der Waals surface area contributed by atoms with Crippen molar-refractivity contribution in [2.24, 2.45) is 0 Å². The number of carbonyl (C=O) groups is 1. The van der Waals surface area contributed by atoms with E-state index in [0.717, 1.165) is 6.54 Å². The van der Waals surface area contributed by atoms with Crippen LogP contribution in [0, 0.1) is 0 Å². The van der Waals surface area contributed by atoms with Gasteiger partial charge in [-0.05, 0) is 25.0 Å². The van der Waals surface area contributed by atoms with E-state index in [1.807, 2.05) is 6.07 Å². The van der Waals surface area contributed by atoms with Crippen LogP contribution < -0.4 is 5.32 Å². The fourth-order valence-electron chi connectivity index (χ4n) is 3.66. The largest absolute Gasteiger partial charge is 0.378 e. The Labute approximate surface area is 146 Å². The highest BCUT2D eigenvalue weighted by Crippen LogP contribution is 2.26. The number of rotatable bonds is 4. The van der Waals surface area contributed by atoms with E-state index in [9.17, 15) is 4.79 Å². The van der Waals surface area contributed by atoms with Crippen molar-refractivity contribution < 1.29 is 9.53 Å². The summed E-state index contributed by atoms with van der Waals surface area (Å²) in [7, 11) is 0. The molecule has 2 aliphatic rings. The van der Waals surface area contributed by atoms with Crippen molar-refractivity contribution in [2.45, 2.75) is 37.8 Å². The first kappa shape index (κ1) is 16.2. The molecule has 8 heteroatoms. The van der Waals surface area contributed by atoms with Crippen molar-refractivity contribution in [1.82, 2.24) is 24.6 Å². The highest BCUT2D eigenvalue weighted by Gasteiger charge is 2.35. The zero-order valence-electron chi connectivity index (χ0n) is 14.0. The zero-order valence-corrected chi connectivity index (χ0v) is 14.0. The number of hydrogen-bond acceptors (Lipinski definition) is 6. The van der Waals surface area contributed by atoms with Gasteiger partial charge in [0, 0.05) is 12.6 Å². The maximum Gasteiger partial charge on any atom is 0.244 e. The Morgan fingerprint density at radius 3 is 2.88 bits per heavy atom. The van der Waals surface area contributed by atoms with Gasteiger partial charge in [0.15, 0.2) is 5.82 Å². The van der Waals surface area contributed by atoms with Crippen molar-refractivity contribution in [3.63, 3.8) is 0 Å². The standard InChI is InChI=1S/C17H22N6O2/c24-17(15-10-25-8-7-22(15)14-3-1-2-4-14)21-13-5-6-16(19-9-13)23-12-18-11-20-23/h5-6,9,11-12,14-15H,1-4,7-8,10H2,(H,21,24). The van der Waals surface area contributed by atoms with Crippen LogP contribution in [0.2, 0.25) is 0 Å². The predicted molar refractivity (Wildman–Crippen MR) is 91.4 cm³/mol. The van der Waals surface area contributed by atoms with E-state index < -0.39 is 0 Å². The average Bonchev–Trinajstić information content (AvgIpc) is 3.36. The Bertz CT molecular complexity index is 696. The van der Waals surface area contributed by atoms with Crippen molar-refractivity contribution in [3.05, 3.63) is 31.0 Å². The number of ether oxygens (including phenoxy) is 1. The first-order valence-corrected chi connectivity index (χ1v) is 8.77. The van der Waals surface area contributed by atoms with Crippen molar-refractivity contribution in [2.75, 3.05) is 25.1 Å². The molecule has 0 radical (unpaired) electrons. The maximum atomic E-state index is 12.8. The van der Waals surface area contributed by atoms with Gasteiger partial charge in [0.25, 0.3) is 0 Å². The van der Waals surface area contributed by atoms with Gasteiger partial charge in [-0.3, -0.25) is 9.69 Å². The fourth-order valence-corrected chi connectivity index (χ4v) is 3.66. The average molecular weight is 342 g/mol. The number of hydrogen-bond donors (Lipinski definition) is 1. The van der Waals surface area contributed by atoms with Gasteiger partial charge >= 0.3 is 0 Å². The number of amides is 1. The molecular weight excluding hydrogens is 320 g/mol. The van der Waals surface area contributed by atoms with Crippen LogP contribution >= 0.6 is 0 Å². The molecular formula is C17H22N6O2. The number of nitrogens with one attached hydrogen (secondary N) is 1. The quantitative estimate of drug-likeness (QED) is 0.900. The highest BCUT2D eigenvalue weighted by atomic mass is 16.5. The van der Waals surface area contributed by atoms with Gasteiger partial charge in [-0.25, -0.2) is 14.6 Å². The lowest BCUT2D eigenvalue weighted by Crippen LogP contribution is -2.55. The molecule has 0 aromatic carbocycles. The van der Waals surface area contributed by atoms with Crippen LogP contribution in [0.5, 0.6) is 0 Å². The Balaban J connectivity index is 1.43. The molecule has 1 saturated heterocycles. The summed E-state index contributed by atoms with van der Waals surface area (Å²) in [5.74, 6) is 0.631. The second-order valence-corrected chi connectivity index (χ2v) is 6.50. The van der Waals surface area contributed by atoms with Gasteiger partial charge in [0.1, 0.15) is 18.7 Å². The maximum absolute atomic E-state index is 12.8. The molecule has 1 saturated carbocycles. The lowest BCUT2D eigenvalue weighted by molar-refractivity contribution is -0.129. The van der Waals surface area contributed by atoms with Gasteiger partial charge < -0.3 is 10.1 Å². The molecule has 132 valence electrons. The molecule has 0 spiro atoms. The van der Waals surface area contributed by atoms with Crippen LogP contribution in [0.1, 0.15) is 25.7 Å². The molecule has 1 aliphatic carbocycles. The SMILES string of the molecule is O=C(Nc1ccc(-n2cncn2)nc1)C1COCCN1C1CCCC1. The van der Waals surface area contributed by atoms with E-state index >= 15 is 0 Å². The molecule has 4 rings (SSSR count). The van der Waals surface area contributed by atoms with E-state index in [1.165, 1.54) is 32.0 Å². The summed E-state index contributed by atoms with van der Waals surface area (Å²) < 4.78 is 7.13. The van der Waals surface area contributed by atoms with Crippen molar-refractivity contribution in [1.29, 1.82) is 0 Å². The number of morpholine rings is 1. The number of nitrogens with zero attached hydrogens (tertiary/aromatic N) is 5. The molecule has 3 heterocycles. The molecule has 2 fully saturated rings. The Morgan fingerprint density at radius 1 is 1.28 bits per heavy atom. The highest BCUT2D eigenvalue weighted by molar-refractivity contribution is 5.95. The summed E-state index contributed by atoms with van der Waals surface area (Å²) in [6.07, 6.45) is 9.54. The van der Waals surface area contributed by atoms with E-state index in [-0.39, 0.29) is 11.9 Å². The molecule has 2 aromatic heterocycles. The summed E-state index contributed by atoms with van der Waals surface area (Å²) in [5.41, 5.74) is 0.672. The minimum Gasteiger partial charge on any atom is -0.378 e. The number of aromatic nitrogens is 4. The van der Waals surface area contributed by atoms with Gasteiger partial charge in [-0.2, -0.15) is 5.10 Å². The van der Waals surface area contributed by atoms with E-state index in [0.29, 0.717) is 30.8 Å². The third kappa shape index (κ3) is 3.54. The van der Waals surface area contributed by atoms with Crippen LogP contribution in [-0.4, -0.2) is 62.4 Å². The Morgan fingerprint density at radius 2 is 2.16 bits per heavy atom. The van der Waals surface area contributed by atoms with Gasteiger partial charge in [-0.1, -0.05) is 12.8 Å². The van der Waals surface area contributed by atoms with Gasteiger partial charge in [0.05, 0.1) is 25.1 Å². The minimum absolute atomic E-state index is 0.0260. The fraction of sp³-hybridized carbons (Fsp3) is 0.529. The molecule has 1 atom stereocenters. The lowest BCUT2D eigenvalue weighted by Gasteiger charge is -2.38. The van der Waals surface area contributed by atoms with Crippen LogP contribution in [0.15, 0.2) is 31.0 Å². The summed E-state index contributed by atoms with van der Waals surface area (Å²) >= 11 is 0. The summed E-state index contributed by atoms with van der Waals surface area (Å²) in [6, 6.07) is 3.90. The topological polar surface area (TPSA) is 85.2 Å². The molecule has 1 N–H and O–H groups in total. The minimum atomic E-state index is -0.230. The number of carbonyl (C=O) groups excluding carboxylic acids is 1. The van der Waals surface area contributed by atoms with Crippen LogP contribution in [0.25, 0.3) is 5.82 Å². The molecule has 1 aliphatic heterocycles. The molecule has 2 aromatic rings. The van der Waals surface area contributed by atoms with E-state index in [4.69, 9.17) is 4.74 Å². The Hall–Kier alpha value is -2.32. The number of pyridine rings is 1. The molecule has 0 bridgehead atoms. The molecule has 25 heavy (non-hydrogen) atoms. The second kappa shape index (κ2) is 7.28. The van der Waals surface area contributed by atoms with Crippen molar-refractivity contribution in [3.8, 4) is 5.82 Å². The number of anilines is 1. The summed E-state index contributed by atoms with van der Waals surface area (Å²) in [4.78, 5) is 23.3. The second-order valence-electron chi connectivity index (χ2n) is 6.50. The third-order valence-electron chi connectivity index (χ3n) is 4.94. The predicted octanol–water partition coefficient (Wildman–Crippen LogP) is 1.24. The molecule has 8 nitrogen and oxygen atoms in total. The van der Waals surface area contributed by atoms with Crippen LogP contribution in [-0.2, 0) is 9.53 Å². The molecule has 1 unspecified atom stereocenters. The third-order valence-corrected chi connectivity index (χ3v) is 4.94. The van der Waals surface area contributed by atoms with Gasteiger partial charge in [-0.15, -0.1) is 0 Å². The van der Waals surface area contributed by atoms with Crippen LogP contribution in [0.3, 0.4) is 0 Å². The lowest BCUT2D eigenvalue weighted by atomic mass is 10.1. The Kier molecular flexibility index (Phi) is 4.71. The van der Waals surface area contributed by atoms with E-state index in [1.54, 1.807) is 23.3 Å². The summed E-state index contributed by atoms with van der Waals surface area (Å²) in [5, 5.41) is 7.01. The van der Waals surface area contributed by atoms with Crippen molar-refractivity contribution >= 4 is 11.6 Å². The first-order valence-electron chi connectivity index (χ1n) is 8.77. The van der Waals surface area contributed by atoms with E-state index in [2.05, 4.69) is 25.3 Å². The monoisotopic (exact) mass is 342 g/mol. The zero-order chi connectivity index (χ0) is 17.1. The van der Waals surface area contributed by atoms with Crippen LogP contribution in [0.4, 0.5) is 5.69 Å². The smallest absolute Gasteiger partial charge is 0.244 e.